The smallest absolute Gasteiger partial charge is 0.0899 e. The van der Waals surface area contributed by atoms with E-state index in [9.17, 15) is 5.11 Å². The fourth-order valence-corrected chi connectivity index (χ4v) is 3.54. The first-order valence-electron chi connectivity index (χ1n) is 7.35. The highest BCUT2D eigenvalue weighted by Crippen LogP contribution is 2.43. The van der Waals surface area contributed by atoms with E-state index >= 15 is 0 Å². The highest BCUT2D eigenvalue weighted by atomic mass is 16.3. The normalized spacial score (nSPS) is 27.8. The second-order valence-electron chi connectivity index (χ2n) is 6.07. The van der Waals surface area contributed by atoms with Crippen LogP contribution in [0.15, 0.2) is 24.3 Å². The SMILES string of the molecule is CCC1CCCCC1C(C)(O)c1ccc(C)cc1. The van der Waals surface area contributed by atoms with Crippen molar-refractivity contribution in [2.75, 3.05) is 0 Å². The maximum Gasteiger partial charge on any atom is 0.0899 e. The Kier molecular flexibility index (Phi) is 4.11. The van der Waals surface area contributed by atoms with Gasteiger partial charge in [0, 0.05) is 0 Å². The molecule has 3 unspecified atom stereocenters. The largest absolute Gasteiger partial charge is 0.385 e. The van der Waals surface area contributed by atoms with Crippen LogP contribution in [-0.4, -0.2) is 5.11 Å². The Hall–Kier alpha value is -0.820. The summed E-state index contributed by atoms with van der Waals surface area (Å²) in [4.78, 5) is 0. The summed E-state index contributed by atoms with van der Waals surface area (Å²) in [5, 5.41) is 11.0. The third kappa shape index (κ3) is 2.61. The van der Waals surface area contributed by atoms with Crippen molar-refractivity contribution < 1.29 is 5.11 Å². The van der Waals surface area contributed by atoms with E-state index < -0.39 is 5.60 Å². The minimum Gasteiger partial charge on any atom is -0.385 e. The van der Waals surface area contributed by atoms with Gasteiger partial charge in [-0.2, -0.15) is 0 Å². The molecule has 1 aromatic carbocycles. The predicted octanol–water partition coefficient (Wildman–Crippen LogP) is 4.42. The van der Waals surface area contributed by atoms with Crippen LogP contribution in [0.5, 0.6) is 0 Å². The van der Waals surface area contributed by atoms with Crippen LogP contribution in [0.4, 0.5) is 0 Å². The average Bonchev–Trinajstić information content (AvgIpc) is 2.39. The Morgan fingerprint density at radius 1 is 1.17 bits per heavy atom. The van der Waals surface area contributed by atoms with Crippen LogP contribution in [-0.2, 0) is 5.60 Å². The summed E-state index contributed by atoms with van der Waals surface area (Å²) in [7, 11) is 0. The Bertz CT molecular complexity index is 377. The second-order valence-corrected chi connectivity index (χ2v) is 6.07. The van der Waals surface area contributed by atoms with Gasteiger partial charge in [0.1, 0.15) is 0 Å². The molecule has 1 fully saturated rings. The second kappa shape index (κ2) is 5.44. The highest BCUT2D eigenvalue weighted by Gasteiger charge is 2.39. The van der Waals surface area contributed by atoms with Gasteiger partial charge in [0.15, 0.2) is 0 Å². The van der Waals surface area contributed by atoms with Gasteiger partial charge in [0.25, 0.3) is 0 Å². The molecule has 0 spiro atoms. The van der Waals surface area contributed by atoms with Crippen LogP contribution in [0.2, 0.25) is 0 Å². The molecular weight excluding hydrogens is 220 g/mol. The van der Waals surface area contributed by atoms with Crippen LogP contribution in [0, 0.1) is 18.8 Å². The Morgan fingerprint density at radius 3 is 2.39 bits per heavy atom. The molecule has 0 aromatic heterocycles. The molecule has 0 saturated heterocycles. The van der Waals surface area contributed by atoms with Crippen molar-refractivity contribution >= 4 is 0 Å². The molecular formula is C17H26O. The van der Waals surface area contributed by atoms with Gasteiger partial charge in [-0.1, -0.05) is 62.4 Å². The summed E-state index contributed by atoms with van der Waals surface area (Å²) in [6.45, 7) is 6.36. The number of hydrogen-bond acceptors (Lipinski definition) is 1. The molecule has 1 nitrogen and oxygen atoms in total. The van der Waals surface area contributed by atoms with Crippen molar-refractivity contribution in [3.8, 4) is 0 Å². The molecule has 2 rings (SSSR count). The lowest BCUT2D eigenvalue weighted by molar-refractivity contribution is -0.0489. The van der Waals surface area contributed by atoms with Crippen molar-refractivity contribution in [1.82, 2.24) is 0 Å². The lowest BCUT2D eigenvalue weighted by Crippen LogP contribution is -2.38. The lowest BCUT2D eigenvalue weighted by Gasteiger charge is -2.41. The van der Waals surface area contributed by atoms with Crippen LogP contribution < -0.4 is 0 Å². The van der Waals surface area contributed by atoms with E-state index in [4.69, 9.17) is 0 Å². The molecule has 0 radical (unpaired) electrons. The molecule has 1 aliphatic rings. The quantitative estimate of drug-likeness (QED) is 0.837. The Morgan fingerprint density at radius 2 is 1.78 bits per heavy atom. The topological polar surface area (TPSA) is 20.2 Å². The van der Waals surface area contributed by atoms with E-state index in [1.165, 1.54) is 37.7 Å². The van der Waals surface area contributed by atoms with Crippen molar-refractivity contribution in [2.24, 2.45) is 11.8 Å². The van der Waals surface area contributed by atoms with Crippen molar-refractivity contribution in [1.29, 1.82) is 0 Å². The minimum atomic E-state index is -0.672. The summed E-state index contributed by atoms with van der Waals surface area (Å²) in [5.74, 6) is 1.09. The maximum absolute atomic E-state index is 11.0. The van der Waals surface area contributed by atoms with Gasteiger partial charge < -0.3 is 5.11 Å². The Balaban J connectivity index is 2.25. The van der Waals surface area contributed by atoms with Crippen LogP contribution in [0.25, 0.3) is 0 Å². The van der Waals surface area contributed by atoms with Crippen molar-refractivity contribution in [3.63, 3.8) is 0 Å². The van der Waals surface area contributed by atoms with E-state index in [0.29, 0.717) is 11.8 Å². The third-order valence-corrected chi connectivity index (χ3v) is 4.79. The van der Waals surface area contributed by atoms with Gasteiger partial charge >= 0.3 is 0 Å². The molecule has 3 atom stereocenters. The lowest BCUT2D eigenvalue weighted by atomic mass is 9.67. The fourth-order valence-electron chi connectivity index (χ4n) is 3.54. The van der Waals surface area contributed by atoms with E-state index in [1.54, 1.807) is 0 Å². The first-order valence-corrected chi connectivity index (χ1v) is 7.35. The average molecular weight is 246 g/mol. The van der Waals surface area contributed by atoms with Gasteiger partial charge in [0.05, 0.1) is 5.60 Å². The molecule has 1 heteroatoms. The van der Waals surface area contributed by atoms with Gasteiger partial charge in [-0.15, -0.1) is 0 Å². The number of rotatable bonds is 3. The van der Waals surface area contributed by atoms with Gasteiger partial charge in [-0.05, 0) is 37.7 Å². The molecule has 0 amide bonds. The van der Waals surface area contributed by atoms with Crippen LogP contribution >= 0.6 is 0 Å². The zero-order valence-corrected chi connectivity index (χ0v) is 11.9. The molecule has 1 N–H and O–H groups in total. The molecule has 18 heavy (non-hydrogen) atoms. The van der Waals surface area contributed by atoms with E-state index in [2.05, 4.69) is 38.1 Å². The Labute approximate surface area is 111 Å². The summed E-state index contributed by atoms with van der Waals surface area (Å²) in [5.41, 5.74) is 1.66. The van der Waals surface area contributed by atoms with E-state index in [1.807, 2.05) is 6.92 Å². The predicted molar refractivity (Wildman–Crippen MR) is 76.5 cm³/mol. The fraction of sp³-hybridized carbons (Fsp3) is 0.647. The standard InChI is InChI=1S/C17H26O/c1-4-14-7-5-6-8-16(14)17(3,18)15-11-9-13(2)10-12-15/h9-12,14,16,18H,4-8H2,1-3H3. The van der Waals surface area contributed by atoms with Crippen LogP contribution in [0.1, 0.15) is 57.1 Å². The van der Waals surface area contributed by atoms with Gasteiger partial charge in [-0.25, -0.2) is 0 Å². The minimum absolute atomic E-state index is 0.416. The molecule has 0 aliphatic heterocycles. The van der Waals surface area contributed by atoms with Crippen molar-refractivity contribution in [3.05, 3.63) is 35.4 Å². The molecule has 100 valence electrons. The third-order valence-electron chi connectivity index (χ3n) is 4.79. The van der Waals surface area contributed by atoms with E-state index in [-0.39, 0.29) is 0 Å². The molecule has 1 saturated carbocycles. The summed E-state index contributed by atoms with van der Waals surface area (Å²) < 4.78 is 0. The number of benzene rings is 1. The molecule has 0 bridgehead atoms. The number of aliphatic hydroxyl groups is 1. The monoisotopic (exact) mass is 246 g/mol. The zero-order valence-electron chi connectivity index (χ0n) is 11.9. The summed E-state index contributed by atoms with van der Waals surface area (Å²) >= 11 is 0. The molecule has 1 aliphatic carbocycles. The summed E-state index contributed by atoms with van der Waals surface area (Å²) in [6, 6.07) is 8.40. The van der Waals surface area contributed by atoms with Gasteiger partial charge in [-0.3, -0.25) is 0 Å². The first kappa shape index (κ1) is 13.6. The molecule has 0 heterocycles. The summed E-state index contributed by atoms with van der Waals surface area (Å²) in [6.07, 6.45) is 6.23. The maximum atomic E-state index is 11.0. The van der Waals surface area contributed by atoms with Gasteiger partial charge in [0.2, 0.25) is 0 Å². The highest BCUT2D eigenvalue weighted by molar-refractivity contribution is 5.27. The first-order chi connectivity index (χ1) is 8.55. The number of aryl methyl sites for hydroxylation is 1. The molecule has 1 aromatic rings. The zero-order chi connectivity index (χ0) is 13.2. The van der Waals surface area contributed by atoms with Crippen molar-refractivity contribution in [2.45, 2.75) is 58.5 Å². The van der Waals surface area contributed by atoms with Crippen LogP contribution in [0.3, 0.4) is 0 Å². The number of hydrogen-bond donors (Lipinski definition) is 1. The van der Waals surface area contributed by atoms with E-state index in [0.717, 1.165) is 5.56 Å².